The maximum absolute atomic E-state index is 12.8. The van der Waals surface area contributed by atoms with E-state index < -0.39 is 5.79 Å². The lowest BCUT2D eigenvalue weighted by atomic mass is 9.89. The van der Waals surface area contributed by atoms with Crippen LogP contribution in [0.2, 0.25) is 0 Å². The summed E-state index contributed by atoms with van der Waals surface area (Å²) in [5.41, 5.74) is 3.95. The van der Waals surface area contributed by atoms with E-state index in [4.69, 9.17) is 9.47 Å². The van der Waals surface area contributed by atoms with Gasteiger partial charge in [-0.05, 0) is 61.1 Å². The van der Waals surface area contributed by atoms with Crippen LogP contribution in [-0.2, 0) is 11.3 Å². The molecule has 1 spiro atoms. The average molecular weight is 463 g/mol. The summed E-state index contributed by atoms with van der Waals surface area (Å²) < 4.78 is 12.8. The molecular weight excluding hydrogens is 428 g/mol. The molecule has 6 nitrogen and oxygen atoms in total. The largest absolute Gasteiger partial charge is 0.462 e. The number of amides is 1. The van der Waals surface area contributed by atoms with E-state index in [0.717, 1.165) is 54.4 Å². The highest BCUT2D eigenvalue weighted by Crippen LogP contribution is 2.40. The number of benzene rings is 2. The molecule has 2 saturated heterocycles. The maximum Gasteiger partial charge on any atom is 0.253 e. The van der Waals surface area contributed by atoms with E-state index in [-0.39, 0.29) is 12.0 Å². The Morgan fingerprint density at radius 2 is 1.62 bits per heavy atom. The van der Waals surface area contributed by atoms with Crippen LogP contribution in [0.5, 0.6) is 5.75 Å². The van der Waals surface area contributed by atoms with Gasteiger partial charge in [0.15, 0.2) is 0 Å². The number of nitrogens with zero attached hydrogens (tertiary/aromatic N) is 2. The highest BCUT2D eigenvalue weighted by molar-refractivity contribution is 5.94. The number of likely N-dealkylation sites (tertiary alicyclic amines) is 2. The third kappa shape index (κ3) is 4.23. The fourth-order valence-corrected chi connectivity index (χ4v) is 5.70. The lowest BCUT2D eigenvalue weighted by Gasteiger charge is -2.47. The molecule has 180 valence electrons. The summed E-state index contributed by atoms with van der Waals surface area (Å²) >= 11 is 0. The van der Waals surface area contributed by atoms with E-state index >= 15 is 0 Å². The van der Waals surface area contributed by atoms with Crippen LogP contribution >= 0.6 is 0 Å². The van der Waals surface area contributed by atoms with Crippen LogP contribution in [0.25, 0.3) is 11.1 Å². The van der Waals surface area contributed by atoms with E-state index in [2.05, 4.69) is 23.1 Å². The van der Waals surface area contributed by atoms with Crippen molar-refractivity contribution in [3.05, 3.63) is 53.6 Å². The second-order valence-electron chi connectivity index (χ2n) is 10.3. The molecule has 3 fully saturated rings. The van der Waals surface area contributed by atoms with Gasteiger partial charge in [-0.2, -0.15) is 0 Å². The van der Waals surface area contributed by atoms with Gasteiger partial charge in [0.1, 0.15) is 5.75 Å². The third-order valence-corrected chi connectivity index (χ3v) is 8.21. The zero-order valence-electron chi connectivity index (χ0n) is 19.7. The maximum atomic E-state index is 12.8. The van der Waals surface area contributed by atoms with Gasteiger partial charge < -0.3 is 19.5 Å². The molecule has 0 unspecified atom stereocenters. The van der Waals surface area contributed by atoms with Crippen molar-refractivity contribution < 1.29 is 19.4 Å². The Balaban J connectivity index is 1.11. The summed E-state index contributed by atoms with van der Waals surface area (Å²) in [5.74, 6) is 0.506. The van der Waals surface area contributed by atoms with E-state index in [1.54, 1.807) is 0 Å². The predicted octanol–water partition coefficient (Wildman–Crippen LogP) is 4.20. The van der Waals surface area contributed by atoms with Crippen molar-refractivity contribution in [3.8, 4) is 16.9 Å². The van der Waals surface area contributed by atoms with Crippen molar-refractivity contribution in [2.24, 2.45) is 0 Å². The fourth-order valence-electron chi connectivity index (χ4n) is 5.70. The SMILES string of the molecule is O=C(c1ccc(-c2ccc3c(c2)COC2(CCN(C4CCC4)CC2)O3)cc1)N1CCC(O)CC1. The average Bonchev–Trinajstić information content (AvgIpc) is 2.84. The summed E-state index contributed by atoms with van der Waals surface area (Å²) in [6.45, 7) is 3.92. The lowest BCUT2D eigenvalue weighted by Crippen LogP contribution is -2.54. The molecule has 2 aromatic carbocycles. The molecule has 6 heteroatoms. The molecule has 0 radical (unpaired) electrons. The summed E-state index contributed by atoms with van der Waals surface area (Å²) in [5, 5.41) is 9.68. The van der Waals surface area contributed by atoms with E-state index in [0.29, 0.717) is 38.1 Å². The summed E-state index contributed by atoms with van der Waals surface area (Å²) in [4.78, 5) is 17.2. The van der Waals surface area contributed by atoms with Crippen molar-refractivity contribution in [2.45, 2.75) is 69.5 Å². The second-order valence-corrected chi connectivity index (χ2v) is 10.3. The van der Waals surface area contributed by atoms with Crippen LogP contribution in [0.3, 0.4) is 0 Å². The first kappa shape index (κ1) is 22.1. The smallest absolute Gasteiger partial charge is 0.253 e. The van der Waals surface area contributed by atoms with Gasteiger partial charge in [0.2, 0.25) is 5.79 Å². The monoisotopic (exact) mass is 462 g/mol. The molecule has 1 saturated carbocycles. The van der Waals surface area contributed by atoms with Crippen molar-refractivity contribution in [1.29, 1.82) is 0 Å². The topological polar surface area (TPSA) is 62.2 Å². The van der Waals surface area contributed by atoms with Crippen LogP contribution in [0.15, 0.2) is 42.5 Å². The Morgan fingerprint density at radius 1 is 0.912 bits per heavy atom. The fraction of sp³-hybridized carbons (Fsp3) is 0.536. The normalized spacial score (nSPS) is 23.3. The standard InChI is InChI=1S/C28H34N2O4/c31-25-10-14-30(15-11-25)27(32)21-6-4-20(5-7-21)22-8-9-26-23(18-22)19-33-28(34-26)12-16-29(17-13-28)24-2-1-3-24/h4-9,18,24-25,31H,1-3,10-17,19H2. The summed E-state index contributed by atoms with van der Waals surface area (Å²) in [6.07, 6.45) is 6.95. The Kier molecular flexibility index (Phi) is 5.84. The van der Waals surface area contributed by atoms with Gasteiger partial charge in [-0.25, -0.2) is 0 Å². The number of hydrogen-bond acceptors (Lipinski definition) is 5. The number of carbonyl (C=O) groups is 1. The minimum absolute atomic E-state index is 0.0411. The molecule has 0 bridgehead atoms. The number of fused-ring (bicyclic) bond motifs is 1. The first-order valence-electron chi connectivity index (χ1n) is 12.9. The quantitative estimate of drug-likeness (QED) is 0.741. The first-order valence-corrected chi connectivity index (χ1v) is 12.9. The molecule has 3 aliphatic heterocycles. The van der Waals surface area contributed by atoms with Gasteiger partial charge >= 0.3 is 0 Å². The Labute approximate surface area is 201 Å². The van der Waals surface area contributed by atoms with Crippen LogP contribution < -0.4 is 4.74 Å². The van der Waals surface area contributed by atoms with Gasteiger partial charge in [0, 0.05) is 56.2 Å². The number of carbonyl (C=O) groups excluding carboxylic acids is 1. The van der Waals surface area contributed by atoms with Crippen LogP contribution in [0.4, 0.5) is 0 Å². The van der Waals surface area contributed by atoms with Gasteiger partial charge in [0.25, 0.3) is 5.91 Å². The number of aliphatic hydroxyl groups excluding tert-OH is 1. The first-order chi connectivity index (χ1) is 16.6. The number of piperidine rings is 2. The Hall–Kier alpha value is -2.41. The van der Waals surface area contributed by atoms with E-state index in [1.165, 1.54) is 19.3 Å². The lowest BCUT2D eigenvalue weighted by molar-refractivity contribution is -0.231. The van der Waals surface area contributed by atoms with E-state index in [1.807, 2.05) is 29.2 Å². The molecule has 4 aliphatic rings. The molecule has 6 rings (SSSR count). The summed E-state index contributed by atoms with van der Waals surface area (Å²) in [7, 11) is 0. The van der Waals surface area contributed by atoms with Crippen molar-refractivity contribution >= 4 is 5.91 Å². The minimum Gasteiger partial charge on any atom is -0.462 e. The van der Waals surface area contributed by atoms with Gasteiger partial charge in [-0.3, -0.25) is 9.69 Å². The summed E-state index contributed by atoms with van der Waals surface area (Å²) in [6, 6.07) is 14.9. The van der Waals surface area contributed by atoms with Crippen LogP contribution in [0.1, 0.15) is 60.9 Å². The predicted molar refractivity (Wildman–Crippen MR) is 130 cm³/mol. The molecule has 0 atom stereocenters. The number of aliphatic hydroxyl groups is 1. The molecule has 1 amide bonds. The minimum atomic E-state index is -0.471. The van der Waals surface area contributed by atoms with E-state index in [9.17, 15) is 9.90 Å². The number of hydrogen-bond donors (Lipinski definition) is 1. The van der Waals surface area contributed by atoms with Crippen molar-refractivity contribution in [1.82, 2.24) is 9.80 Å². The molecule has 34 heavy (non-hydrogen) atoms. The Morgan fingerprint density at radius 3 is 2.29 bits per heavy atom. The van der Waals surface area contributed by atoms with Crippen molar-refractivity contribution in [2.75, 3.05) is 26.2 Å². The molecule has 2 aromatic rings. The van der Waals surface area contributed by atoms with Crippen LogP contribution in [0, 0.1) is 0 Å². The molecular formula is C28H34N2O4. The zero-order valence-corrected chi connectivity index (χ0v) is 19.7. The number of ether oxygens (including phenoxy) is 2. The number of rotatable bonds is 3. The third-order valence-electron chi connectivity index (χ3n) is 8.21. The second kappa shape index (κ2) is 8.99. The molecule has 3 heterocycles. The van der Waals surface area contributed by atoms with Crippen LogP contribution in [-0.4, -0.2) is 64.9 Å². The highest BCUT2D eigenvalue weighted by atomic mass is 16.7. The molecule has 1 N–H and O–H groups in total. The highest BCUT2D eigenvalue weighted by Gasteiger charge is 2.42. The van der Waals surface area contributed by atoms with Gasteiger partial charge in [-0.1, -0.05) is 24.6 Å². The molecule has 0 aromatic heterocycles. The van der Waals surface area contributed by atoms with Crippen molar-refractivity contribution in [3.63, 3.8) is 0 Å². The molecule has 1 aliphatic carbocycles. The zero-order chi connectivity index (χ0) is 23.1. The Bertz CT molecular complexity index is 1030. The van der Waals surface area contributed by atoms with Gasteiger partial charge in [0.05, 0.1) is 12.7 Å². The van der Waals surface area contributed by atoms with Gasteiger partial charge in [-0.15, -0.1) is 0 Å².